The molecule has 0 atom stereocenters. The van der Waals surface area contributed by atoms with Gasteiger partial charge < -0.3 is 10.9 Å². The maximum absolute atomic E-state index is 8.59. The van der Waals surface area contributed by atoms with Crippen molar-refractivity contribution in [1.29, 1.82) is 0 Å². The van der Waals surface area contributed by atoms with E-state index >= 15 is 0 Å². The molecule has 0 saturated heterocycles. The number of nitrogens with zero attached hydrogens (tertiary/aromatic N) is 2. The molecule has 5 heteroatoms. The molecule has 0 saturated carbocycles. The maximum atomic E-state index is 8.59. The highest BCUT2D eigenvalue weighted by atomic mass is 32.2. The molecule has 1 heterocycles. The predicted molar refractivity (Wildman–Crippen MR) is 82.2 cm³/mol. The third-order valence-corrected chi connectivity index (χ3v) is 3.82. The third-order valence-electron chi connectivity index (χ3n) is 2.81. The Morgan fingerprint density at radius 1 is 1.25 bits per heavy atom. The Kier molecular flexibility index (Phi) is 4.63. The van der Waals surface area contributed by atoms with Crippen LogP contribution in [0.2, 0.25) is 0 Å². The van der Waals surface area contributed by atoms with Crippen molar-refractivity contribution in [3.8, 4) is 0 Å². The van der Waals surface area contributed by atoms with Gasteiger partial charge in [0.25, 0.3) is 0 Å². The first-order chi connectivity index (χ1) is 9.58. The summed E-state index contributed by atoms with van der Waals surface area (Å²) >= 11 is 1.66. The fourth-order valence-corrected chi connectivity index (χ4v) is 2.76. The van der Waals surface area contributed by atoms with Crippen LogP contribution in [0.15, 0.2) is 46.7 Å². The second kappa shape index (κ2) is 6.43. The van der Waals surface area contributed by atoms with E-state index in [-0.39, 0.29) is 5.84 Å². The Labute approximate surface area is 122 Å². The van der Waals surface area contributed by atoms with Crippen LogP contribution in [-0.4, -0.2) is 16.0 Å². The summed E-state index contributed by atoms with van der Waals surface area (Å²) in [7, 11) is 0. The van der Waals surface area contributed by atoms with Crippen LogP contribution in [0.4, 0.5) is 0 Å². The molecule has 2 rings (SSSR count). The van der Waals surface area contributed by atoms with Crippen LogP contribution in [0.1, 0.15) is 22.3 Å². The molecule has 4 nitrogen and oxygen atoms in total. The average Bonchev–Trinajstić information content (AvgIpc) is 2.44. The van der Waals surface area contributed by atoms with Crippen LogP contribution in [0.3, 0.4) is 0 Å². The summed E-state index contributed by atoms with van der Waals surface area (Å²) in [6.07, 6.45) is 1.61. The number of amidine groups is 1. The zero-order valence-electron chi connectivity index (χ0n) is 11.5. The molecule has 1 aromatic heterocycles. The number of hydrogen-bond donors (Lipinski definition) is 2. The molecule has 1 aromatic carbocycles. The van der Waals surface area contributed by atoms with E-state index in [4.69, 9.17) is 10.9 Å². The molecule has 0 amide bonds. The van der Waals surface area contributed by atoms with Gasteiger partial charge in [0.2, 0.25) is 0 Å². The van der Waals surface area contributed by atoms with Gasteiger partial charge in [0.05, 0.1) is 5.03 Å². The predicted octanol–water partition coefficient (Wildman–Crippen LogP) is 3.09. The first-order valence-corrected chi connectivity index (χ1v) is 7.21. The lowest BCUT2D eigenvalue weighted by Crippen LogP contribution is -2.13. The molecule has 0 aliphatic carbocycles. The Bertz CT molecular complexity index is 603. The zero-order chi connectivity index (χ0) is 14.5. The van der Waals surface area contributed by atoms with Gasteiger partial charge in [-0.1, -0.05) is 34.5 Å². The van der Waals surface area contributed by atoms with Gasteiger partial charge in [0.15, 0.2) is 5.84 Å². The highest BCUT2D eigenvalue weighted by Gasteiger charge is 2.02. The van der Waals surface area contributed by atoms with Crippen LogP contribution < -0.4 is 5.73 Å². The number of nitrogens with two attached hydrogens (primary N) is 1. The van der Waals surface area contributed by atoms with Crippen molar-refractivity contribution in [3.05, 3.63) is 58.8 Å². The van der Waals surface area contributed by atoms with Crippen LogP contribution in [0, 0.1) is 13.8 Å². The monoisotopic (exact) mass is 287 g/mol. The molecule has 3 N–H and O–H groups in total. The smallest absolute Gasteiger partial charge is 0.171 e. The minimum Gasteiger partial charge on any atom is -0.409 e. The summed E-state index contributed by atoms with van der Waals surface area (Å²) in [6, 6.07) is 10.2. The van der Waals surface area contributed by atoms with E-state index in [9.17, 15) is 0 Å². The number of hydrogen-bond acceptors (Lipinski definition) is 4. The molecule has 0 spiro atoms. The van der Waals surface area contributed by atoms with Crippen LogP contribution >= 0.6 is 11.8 Å². The van der Waals surface area contributed by atoms with Crippen molar-refractivity contribution in [2.24, 2.45) is 10.9 Å². The summed E-state index contributed by atoms with van der Waals surface area (Å²) in [4.78, 5) is 4.30. The number of thioether (sulfide) groups is 1. The second-order valence-electron chi connectivity index (χ2n) is 4.65. The molecule has 20 heavy (non-hydrogen) atoms. The molecule has 0 aliphatic rings. The van der Waals surface area contributed by atoms with Crippen LogP contribution in [-0.2, 0) is 5.75 Å². The van der Waals surface area contributed by atoms with Gasteiger partial charge in [-0.05, 0) is 31.5 Å². The van der Waals surface area contributed by atoms with Crippen molar-refractivity contribution in [3.63, 3.8) is 0 Å². The molecule has 0 aliphatic heterocycles. The van der Waals surface area contributed by atoms with Crippen molar-refractivity contribution < 1.29 is 5.21 Å². The molecular weight excluding hydrogens is 270 g/mol. The number of aromatic nitrogens is 1. The first-order valence-electron chi connectivity index (χ1n) is 6.22. The largest absolute Gasteiger partial charge is 0.409 e. The fourth-order valence-electron chi connectivity index (χ4n) is 1.98. The minimum absolute atomic E-state index is 0.0726. The number of benzene rings is 1. The lowest BCUT2D eigenvalue weighted by atomic mass is 10.1. The lowest BCUT2D eigenvalue weighted by Gasteiger charge is -2.05. The number of pyridine rings is 1. The van der Waals surface area contributed by atoms with E-state index in [2.05, 4.69) is 42.2 Å². The third kappa shape index (κ3) is 3.74. The molecule has 2 aromatic rings. The summed E-state index contributed by atoms with van der Waals surface area (Å²) in [5, 5.41) is 12.5. The lowest BCUT2D eigenvalue weighted by molar-refractivity contribution is 0.318. The van der Waals surface area contributed by atoms with Gasteiger partial charge in [-0.15, -0.1) is 11.8 Å². The van der Waals surface area contributed by atoms with Gasteiger partial charge in [-0.2, -0.15) is 0 Å². The van der Waals surface area contributed by atoms with Gasteiger partial charge >= 0.3 is 0 Å². The maximum Gasteiger partial charge on any atom is 0.171 e. The summed E-state index contributed by atoms with van der Waals surface area (Å²) < 4.78 is 0. The van der Waals surface area contributed by atoms with E-state index < -0.39 is 0 Å². The number of rotatable bonds is 4. The Morgan fingerprint density at radius 3 is 2.50 bits per heavy atom. The Balaban J connectivity index is 2.04. The van der Waals surface area contributed by atoms with Crippen molar-refractivity contribution in [2.75, 3.05) is 0 Å². The second-order valence-corrected chi connectivity index (χ2v) is 5.65. The number of oxime groups is 1. The SMILES string of the molecule is Cc1cc(C)cc(CSc2ccc(/C(N)=N/O)cn2)c1. The highest BCUT2D eigenvalue weighted by molar-refractivity contribution is 7.98. The summed E-state index contributed by atoms with van der Waals surface area (Å²) in [5.74, 6) is 0.946. The Morgan fingerprint density at radius 2 is 1.95 bits per heavy atom. The molecular formula is C15H17N3OS. The molecule has 0 fully saturated rings. The van der Waals surface area contributed by atoms with E-state index in [1.165, 1.54) is 16.7 Å². The molecule has 104 valence electrons. The first kappa shape index (κ1) is 14.4. The van der Waals surface area contributed by atoms with Gasteiger partial charge in [-0.25, -0.2) is 4.98 Å². The fraction of sp³-hybridized carbons (Fsp3) is 0.200. The van der Waals surface area contributed by atoms with E-state index in [0.29, 0.717) is 5.56 Å². The van der Waals surface area contributed by atoms with Gasteiger partial charge in [-0.3, -0.25) is 0 Å². The summed E-state index contributed by atoms with van der Waals surface area (Å²) in [5.41, 5.74) is 9.94. The number of aryl methyl sites for hydroxylation is 2. The quantitative estimate of drug-likeness (QED) is 0.298. The highest BCUT2D eigenvalue weighted by Crippen LogP contribution is 2.22. The molecule has 0 unspecified atom stereocenters. The van der Waals surface area contributed by atoms with E-state index in [1.54, 1.807) is 24.0 Å². The molecule has 0 radical (unpaired) electrons. The van der Waals surface area contributed by atoms with Crippen molar-refractivity contribution in [1.82, 2.24) is 4.98 Å². The van der Waals surface area contributed by atoms with Crippen molar-refractivity contribution in [2.45, 2.75) is 24.6 Å². The summed E-state index contributed by atoms with van der Waals surface area (Å²) in [6.45, 7) is 4.20. The topological polar surface area (TPSA) is 71.5 Å². The normalized spacial score (nSPS) is 11.6. The van der Waals surface area contributed by atoms with Gasteiger partial charge in [0, 0.05) is 17.5 Å². The van der Waals surface area contributed by atoms with Crippen LogP contribution in [0.25, 0.3) is 0 Å². The Hall–Kier alpha value is -2.01. The standard InChI is InChI=1S/C15H17N3OS/c1-10-5-11(2)7-12(6-10)9-20-14-4-3-13(8-17-14)15(16)18-19/h3-8,19H,9H2,1-2H3,(H2,16,18). The van der Waals surface area contributed by atoms with E-state index in [0.717, 1.165) is 10.8 Å². The average molecular weight is 287 g/mol. The van der Waals surface area contributed by atoms with Crippen LogP contribution in [0.5, 0.6) is 0 Å². The van der Waals surface area contributed by atoms with Gasteiger partial charge in [0.1, 0.15) is 0 Å². The van der Waals surface area contributed by atoms with E-state index in [1.807, 2.05) is 6.07 Å². The van der Waals surface area contributed by atoms with Crippen molar-refractivity contribution >= 4 is 17.6 Å². The minimum atomic E-state index is 0.0726. The zero-order valence-corrected chi connectivity index (χ0v) is 12.3. The molecule has 0 bridgehead atoms.